The van der Waals surface area contributed by atoms with Gasteiger partial charge in [-0.25, -0.2) is 0 Å². The Kier molecular flexibility index (Phi) is 7.29. The van der Waals surface area contributed by atoms with Crippen molar-refractivity contribution in [2.75, 3.05) is 36.5 Å². The summed E-state index contributed by atoms with van der Waals surface area (Å²) in [6.07, 6.45) is 0.0458. The number of thiophene rings is 1. The number of carbonyl (C=O) groups is 2. The lowest BCUT2D eigenvalue weighted by molar-refractivity contribution is -0.137. The Hall–Kier alpha value is -2.64. The van der Waals surface area contributed by atoms with Crippen molar-refractivity contribution in [3.05, 3.63) is 52.4 Å². The second-order valence-electron chi connectivity index (χ2n) is 7.25. The summed E-state index contributed by atoms with van der Waals surface area (Å²) >= 11 is 1.45. The van der Waals surface area contributed by atoms with Crippen molar-refractivity contribution in [2.45, 2.75) is 33.8 Å². The number of amides is 2. The number of hydrogen-bond acceptors (Lipinski definition) is 6. The van der Waals surface area contributed by atoms with Gasteiger partial charge in [-0.3, -0.25) is 14.5 Å². The number of imide groups is 1. The number of anilines is 2. The van der Waals surface area contributed by atoms with Crippen LogP contribution in [-0.2, 0) is 14.3 Å². The van der Waals surface area contributed by atoms with Gasteiger partial charge in [-0.2, -0.15) is 0 Å². The summed E-state index contributed by atoms with van der Waals surface area (Å²) < 4.78 is 5.55. The maximum atomic E-state index is 13.1. The first-order chi connectivity index (χ1) is 14.5. The summed E-state index contributed by atoms with van der Waals surface area (Å²) in [4.78, 5) is 30.5. The average Bonchev–Trinajstić information content (AvgIpc) is 3.33. The van der Waals surface area contributed by atoms with E-state index >= 15 is 0 Å². The topological polar surface area (TPSA) is 61.9 Å². The van der Waals surface area contributed by atoms with E-state index in [1.807, 2.05) is 55.6 Å². The van der Waals surface area contributed by atoms with Crippen LogP contribution in [0.2, 0.25) is 0 Å². The summed E-state index contributed by atoms with van der Waals surface area (Å²) in [5.74, 6) is -0.597. The van der Waals surface area contributed by atoms with E-state index in [0.29, 0.717) is 17.9 Å². The zero-order chi connectivity index (χ0) is 21.7. The molecule has 160 valence electrons. The van der Waals surface area contributed by atoms with E-state index in [1.54, 1.807) is 0 Å². The van der Waals surface area contributed by atoms with Crippen LogP contribution in [0.25, 0.3) is 5.57 Å². The first-order valence-electron chi connectivity index (χ1n) is 10.3. The van der Waals surface area contributed by atoms with Crippen molar-refractivity contribution < 1.29 is 14.3 Å². The summed E-state index contributed by atoms with van der Waals surface area (Å²) in [6.45, 7) is 10.5. The van der Waals surface area contributed by atoms with Gasteiger partial charge in [-0.05, 0) is 63.4 Å². The second-order valence-corrected chi connectivity index (χ2v) is 8.20. The molecule has 1 aliphatic heterocycles. The minimum atomic E-state index is -0.316. The predicted molar refractivity (Wildman–Crippen MR) is 123 cm³/mol. The summed E-state index contributed by atoms with van der Waals surface area (Å²) in [5, 5.41) is 5.11. The van der Waals surface area contributed by atoms with Crippen LogP contribution < -0.4 is 10.2 Å². The van der Waals surface area contributed by atoms with E-state index in [2.05, 4.69) is 24.1 Å². The highest BCUT2D eigenvalue weighted by Gasteiger charge is 2.39. The zero-order valence-electron chi connectivity index (χ0n) is 18.0. The van der Waals surface area contributed by atoms with Gasteiger partial charge in [0.2, 0.25) is 0 Å². The maximum Gasteiger partial charge on any atom is 0.278 e. The number of benzene rings is 1. The number of carbonyl (C=O) groups excluding carboxylic acids is 2. The zero-order valence-corrected chi connectivity index (χ0v) is 18.8. The summed E-state index contributed by atoms with van der Waals surface area (Å²) in [6, 6.07) is 11.7. The highest BCUT2D eigenvalue weighted by atomic mass is 32.1. The summed E-state index contributed by atoms with van der Waals surface area (Å²) in [5.41, 5.74) is 2.64. The molecule has 0 aliphatic carbocycles. The molecule has 1 aliphatic rings. The van der Waals surface area contributed by atoms with E-state index in [4.69, 9.17) is 4.74 Å². The number of rotatable bonds is 10. The van der Waals surface area contributed by atoms with Gasteiger partial charge in [0.15, 0.2) is 0 Å². The molecule has 0 saturated heterocycles. The normalized spacial score (nSPS) is 14.2. The number of hydrogen-bond donors (Lipinski definition) is 1. The van der Waals surface area contributed by atoms with Crippen LogP contribution in [0.5, 0.6) is 0 Å². The van der Waals surface area contributed by atoms with Crippen LogP contribution in [0.4, 0.5) is 11.4 Å². The Bertz CT molecular complexity index is 900. The Balaban J connectivity index is 1.85. The van der Waals surface area contributed by atoms with Gasteiger partial charge < -0.3 is 15.0 Å². The maximum absolute atomic E-state index is 13.1. The number of nitrogens with zero attached hydrogens (tertiary/aromatic N) is 2. The smallest absolute Gasteiger partial charge is 0.278 e. The van der Waals surface area contributed by atoms with Gasteiger partial charge in [-0.1, -0.05) is 6.07 Å². The third-order valence-electron chi connectivity index (χ3n) is 4.97. The van der Waals surface area contributed by atoms with Crippen LogP contribution in [0.15, 0.2) is 47.5 Å². The SMILES string of the molecule is CCN(CC)c1ccc(NC2=C(c3cccs3)C(=O)N(CCOC(C)C)C2=O)cc1. The number of nitrogens with one attached hydrogen (secondary N) is 1. The van der Waals surface area contributed by atoms with Crippen LogP contribution >= 0.6 is 11.3 Å². The molecule has 1 aromatic carbocycles. The van der Waals surface area contributed by atoms with Gasteiger partial charge in [0.25, 0.3) is 11.8 Å². The first-order valence-corrected chi connectivity index (χ1v) is 11.2. The van der Waals surface area contributed by atoms with Gasteiger partial charge in [0.05, 0.1) is 24.8 Å². The standard InChI is InChI=1S/C23H29N3O3S/c1-5-25(6-2)18-11-9-17(10-12-18)24-21-20(19-8-7-15-30-19)22(27)26(23(21)28)13-14-29-16(3)4/h7-12,15-16,24H,5-6,13-14H2,1-4H3. The molecule has 0 unspecified atom stereocenters. The Morgan fingerprint density at radius 3 is 2.33 bits per heavy atom. The highest BCUT2D eigenvalue weighted by Crippen LogP contribution is 2.33. The Labute approximate surface area is 182 Å². The molecule has 6 nitrogen and oxygen atoms in total. The lowest BCUT2D eigenvalue weighted by Gasteiger charge is -2.21. The van der Waals surface area contributed by atoms with Gasteiger partial charge in [0, 0.05) is 29.3 Å². The third-order valence-corrected chi connectivity index (χ3v) is 5.85. The van der Waals surface area contributed by atoms with Crippen molar-refractivity contribution in [3.8, 4) is 0 Å². The minimum absolute atomic E-state index is 0.0458. The van der Waals surface area contributed by atoms with Crippen LogP contribution in [0.1, 0.15) is 32.6 Å². The molecule has 0 spiro atoms. The van der Waals surface area contributed by atoms with E-state index in [0.717, 1.165) is 29.3 Å². The molecule has 2 aromatic rings. The average molecular weight is 428 g/mol. The number of ether oxygens (including phenoxy) is 1. The largest absolute Gasteiger partial charge is 0.377 e. The molecule has 30 heavy (non-hydrogen) atoms. The third kappa shape index (κ3) is 4.74. The molecule has 2 amide bonds. The second kappa shape index (κ2) is 9.91. The summed E-state index contributed by atoms with van der Waals surface area (Å²) in [7, 11) is 0. The molecule has 0 fully saturated rings. The molecule has 1 N–H and O–H groups in total. The van der Waals surface area contributed by atoms with Crippen molar-refractivity contribution >= 4 is 40.1 Å². The molecular weight excluding hydrogens is 398 g/mol. The van der Waals surface area contributed by atoms with E-state index in [9.17, 15) is 9.59 Å². The lowest BCUT2D eigenvalue weighted by Crippen LogP contribution is -2.35. The predicted octanol–water partition coefficient (Wildman–Crippen LogP) is 4.21. The van der Waals surface area contributed by atoms with E-state index < -0.39 is 0 Å². The molecule has 2 heterocycles. The molecule has 7 heteroatoms. The van der Waals surface area contributed by atoms with Crippen LogP contribution in [0, 0.1) is 0 Å². The van der Waals surface area contributed by atoms with Gasteiger partial charge in [0.1, 0.15) is 5.70 Å². The quantitative estimate of drug-likeness (QED) is 0.576. The van der Waals surface area contributed by atoms with Gasteiger partial charge >= 0.3 is 0 Å². The van der Waals surface area contributed by atoms with Crippen molar-refractivity contribution in [3.63, 3.8) is 0 Å². The fraction of sp³-hybridized carbons (Fsp3) is 0.391. The van der Waals surface area contributed by atoms with Crippen molar-refractivity contribution in [1.29, 1.82) is 0 Å². The van der Waals surface area contributed by atoms with Crippen molar-refractivity contribution in [2.24, 2.45) is 0 Å². The Morgan fingerprint density at radius 1 is 1.07 bits per heavy atom. The molecule has 0 atom stereocenters. The molecule has 0 saturated carbocycles. The molecule has 1 aromatic heterocycles. The molecular formula is C23H29N3O3S. The van der Waals surface area contributed by atoms with E-state index in [1.165, 1.54) is 16.2 Å². The van der Waals surface area contributed by atoms with Crippen molar-refractivity contribution in [1.82, 2.24) is 4.90 Å². The molecule has 0 radical (unpaired) electrons. The fourth-order valence-electron chi connectivity index (χ4n) is 3.41. The first kappa shape index (κ1) is 22.1. The molecule has 0 bridgehead atoms. The van der Waals surface area contributed by atoms with Gasteiger partial charge in [-0.15, -0.1) is 11.3 Å². The van der Waals surface area contributed by atoms with Crippen LogP contribution in [0.3, 0.4) is 0 Å². The highest BCUT2D eigenvalue weighted by molar-refractivity contribution is 7.11. The lowest BCUT2D eigenvalue weighted by atomic mass is 10.1. The fourth-order valence-corrected chi connectivity index (χ4v) is 4.18. The van der Waals surface area contributed by atoms with E-state index in [-0.39, 0.29) is 24.5 Å². The Morgan fingerprint density at radius 2 is 1.77 bits per heavy atom. The minimum Gasteiger partial charge on any atom is -0.377 e. The monoisotopic (exact) mass is 427 g/mol. The van der Waals surface area contributed by atoms with Crippen LogP contribution in [-0.4, -0.2) is 49.1 Å². The molecule has 3 rings (SSSR count).